The van der Waals surface area contributed by atoms with Gasteiger partial charge in [0.1, 0.15) is 11.3 Å². The predicted molar refractivity (Wildman–Crippen MR) is 72.9 cm³/mol. The number of carbonyl (C=O) groups excluding carboxylic acids is 1. The molecule has 0 bridgehead atoms. The van der Waals surface area contributed by atoms with Crippen molar-refractivity contribution in [3.8, 4) is 0 Å². The number of aromatic carboxylic acids is 1. The fourth-order valence-corrected chi connectivity index (χ4v) is 3.41. The Morgan fingerprint density at radius 2 is 2.32 bits per heavy atom. The Morgan fingerprint density at radius 3 is 2.79 bits per heavy atom. The molecule has 1 aromatic rings. The molecule has 0 aromatic carbocycles. The molecule has 0 radical (unpaired) electrons. The van der Waals surface area contributed by atoms with E-state index in [-0.39, 0.29) is 23.3 Å². The Labute approximate surface area is 116 Å². The quantitative estimate of drug-likeness (QED) is 0.916. The van der Waals surface area contributed by atoms with Crippen LogP contribution in [0, 0.1) is 0 Å². The smallest absolute Gasteiger partial charge is 0.339 e. The van der Waals surface area contributed by atoms with E-state index in [2.05, 4.69) is 0 Å². The van der Waals surface area contributed by atoms with E-state index in [1.807, 2.05) is 11.8 Å². The van der Waals surface area contributed by atoms with Crippen molar-refractivity contribution >= 4 is 23.6 Å². The Kier molecular flexibility index (Phi) is 4.19. The number of furan rings is 1. The third-order valence-corrected chi connectivity index (χ3v) is 4.49. The van der Waals surface area contributed by atoms with E-state index in [1.165, 1.54) is 6.07 Å². The summed E-state index contributed by atoms with van der Waals surface area (Å²) < 4.78 is 5.39. The third kappa shape index (κ3) is 2.78. The van der Waals surface area contributed by atoms with E-state index in [4.69, 9.17) is 9.52 Å². The molecular weight excluding hydrogens is 266 g/mol. The van der Waals surface area contributed by atoms with Gasteiger partial charge in [0, 0.05) is 31.3 Å². The van der Waals surface area contributed by atoms with Crippen LogP contribution >= 0.6 is 11.8 Å². The largest absolute Gasteiger partial charge is 0.478 e. The number of hydrogen-bond donors (Lipinski definition) is 1. The molecule has 1 saturated heterocycles. The van der Waals surface area contributed by atoms with E-state index in [0.29, 0.717) is 12.2 Å². The molecule has 1 unspecified atom stereocenters. The molecule has 1 atom stereocenters. The molecule has 5 nitrogen and oxygen atoms in total. The summed E-state index contributed by atoms with van der Waals surface area (Å²) >= 11 is 1.82. The molecule has 1 aliphatic rings. The second-order valence-corrected chi connectivity index (χ2v) is 5.69. The standard InChI is InChI=1S/C13H17NO4S/c1-3-10-9(13(16)17)6-11(18-10)12(15)14(2)8-4-5-19-7-8/h6,8H,3-5,7H2,1-2H3,(H,16,17). The van der Waals surface area contributed by atoms with Gasteiger partial charge in [0.2, 0.25) is 0 Å². The molecule has 2 rings (SSSR count). The lowest BCUT2D eigenvalue weighted by Crippen LogP contribution is -2.36. The van der Waals surface area contributed by atoms with Gasteiger partial charge in [-0.15, -0.1) is 0 Å². The topological polar surface area (TPSA) is 70.8 Å². The molecule has 1 amide bonds. The first-order chi connectivity index (χ1) is 9.04. The van der Waals surface area contributed by atoms with Gasteiger partial charge in [-0.25, -0.2) is 4.79 Å². The van der Waals surface area contributed by atoms with Crippen molar-refractivity contribution in [2.24, 2.45) is 0 Å². The molecule has 0 spiro atoms. The van der Waals surface area contributed by atoms with Gasteiger partial charge in [-0.1, -0.05) is 6.92 Å². The highest BCUT2D eigenvalue weighted by Crippen LogP contribution is 2.24. The summed E-state index contributed by atoms with van der Waals surface area (Å²) in [5.41, 5.74) is 0.0834. The lowest BCUT2D eigenvalue weighted by Gasteiger charge is -2.22. The fraction of sp³-hybridized carbons (Fsp3) is 0.538. The number of rotatable bonds is 4. The number of carboxylic acids is 1. The molecule has 104 valence electrons. The third-order valence-electron chi connectivity index (χ3n) is 3.35. The SMILES string of the molecule is CCc1oc(C(=O)N(C)C2CCSC2)cc1C(=O)O. The average molecular weight is 283 g/mol. The van der Waals surface area contributed by atoms with Crippen molar-refractivity contribution in [1.82, 2.24) is 4.90 Å². The van der Waals surface area contributed by atoms with E-state index >= 15 is 0 Å². The molecular formula is C13H17NO4S. The van der Waals surface area contributed by atoms with Crippen LogP contribution in [0.1, 0.15) is 40.0 Å². The van der Waals surface area contributed by atoms with E-state index in [1.54, 1.807) is 18.9 Å². The minimum Gasteiger partial charge on any atom is -0.478 e. The van der Waals surface area contributed by atoms with Gasteiger partial charge in [0.25, 0.3) is 5.91 Å². The van der Waals surface area contributed by atoms with Crippen LogP contribution in [0.4, 0.5) is 0 Å². The Hall–Kier alpha value is -1.43. The molecule has 2 heterocycles. The van der Waals surface area contributed by atoms with Gasteiger partial charge < -0.3 is 14.4 Å². The Balaban J connectivity index is 2.21. The second-order valence-electron chi connectivity index (χ2n) is 4.54. The summed E-state index contributed by atoms with van der Waals surface area (Å²) in [5, 5.41) is 9.05. The monoisotopic (exact) mass is 283 g/mol. The van der Waals surface area contributed by atoms with Gasteiger partial charge in [-0.2, -0.15) is 11.8 Å². The summed E-state index contributed by atoms with van der Waals surface area (Å²) in [6.07, 6.45) is 1.43. The van der Waals surface area contributed by atoms with Gasteiger partial charge in [0.15, 0.2) is 5.76 Å². The molecule has 1 aromatic heterocycles. The first kappa shape index (κ1) is 14.0. The fourth-order valence-electron chi connectivity index (χ4n) is 2.14. The van der Waals surface area contributed by atoms with Crippen molar-refractivity contribution in [3.05, 3.63) is 23.2 Å². The number of thioether (sulfide) groups is 1. The Bertz CT molecular complexity index is 491. The highest BCUT2D eigenvalue weighted by Gasteiger charge is 2.28. The number of hydrogen-bond acceptors (Lipinski definition) is 4. The van der Waals surface area contributed by atoms with Crippen LogP contribution in [0.5, 0.6) is 0 Å². The van der Waals surface area contributed by atoms with Crippen LogP contribution in [0.2, 0.25) is 0 Å². The molecule has 1 aliphatic heterocycles. The number of carbonyl (C=O) groups is 2. The zero-order valence-corrected chi connectivity index (χ0v) is 11.8. The summed E-state index contributed by atoms with van der Waals surface area (Å²) in [7, 11) is 1.74. The molecule has 0 aliphatic carbocycles. The minimum atomic E-state index is -1.06. The summed E-state index contributed by atoms with van der Waals surface area (Å²) in [4.78, 5) is 25.0. The zero-order chi connectivity index (χ0) is 14.0. The molecule has 6 heteroatoms. The van der Waals surface area contributed by atoms with Crippen LogP contribution in [0.3, 0.4) is 0 Å². The number of nitrogens with zero attached hydrogens (tertiary/aromatic N) is 1. The lowest BCUT2D eigenvalue weighted by atomic mass is 10.2. The van der Waals surface area contributed by atoms with Gasteiger partial charge in [-0.05, 0) is 12.2 Å². The highest BCUT2D eigenvalue weighted by atomic mass is 32.2. The first-order valence-corrected chi connectivity index (χ1v) is 7.41. The number of amides is 1. The minimum absolute atomic E-state index is 0.0834. The lowest BCUT2D eigenvalue weighted by molar-refractivity contribution is 0.0690. The molecule has 19 heavy (non-hydrogen) atoms. The maximum Gasteiger partial charge on any atom is 0.339 e. The zero-order valence-electron chi connectivity index (χ0n) is 11.0. The Morgan fingerprint density at radius 1 is 1.58 bits per heavy atom. The molecule has 1 N–H and O–H groups in total. The molecule has 1 fully saturated rings. The predicted octanol–water partition coefficient (Wildman–Crippen LogP) is 2.12. The first-order valence-electron chi connectivity index (χ1n) is 6.25. The maximum absolute atomic E-state index is 12.3. The second kappa shape index (κ2) is 5.69. The van der Waals surface area contributed by atoms with E-state index in [0.717, 1.165) is 17.9 Å². The molecule has 0 saturated carbocycles. The van der Waals surface area contributed by atoms with Crippen molar-refractivity contribution < 1.29 is 19.1 Å². The number of aryl methyl sites for hydroxylation is 1. The van der Waals surface area contributed by atoms with Crippen LogP contribution < -0.4 is 0 Å². The van der Waals surface area contributed by atoms with Crippen LogP contribution in [-0.2, 0) is 6.42 Å². The number of carboxylic acid groups (broad SMARTS) is 1. The highest BCUT2D eigenvalue weighted by molar-refractivity contribution is 7.99. The maximum atomic E-state index is 12.3. The van der Waals surface area contributed by atoms with Crippen molar-refractivity contribution in [1.29, 1.82) is 0 Å². The van der Waals surface area contributed by atoms with Crippen LogP contribution in [-0.4, -0.2) is 46.5 Å². The average Bonchev–Trinajstić information content (AvgIpc) is 3.05. The van der Waals surface area contributed by atoms with E-state index in [9.17, 15) is 9.59 Å². The normalized spacial score (nSPS) is 18.5. The summed E-state index contributed by atoms with van der Waals surface area (Å²) in [6.45, 7) is 1.80. The van der Waals surface area contributed by atoms with Gasteiger partial charge in [-0.3, -0.25) is 4.79 Å². The van der Waals surface area contributed by atoms with Gasteiger partial charge >= 0.3 is 5.97 Å². The summed E-state index contributed by atoms with van der Waals surface area (Å²) in [6, 6.07) is 1.54. The van der Waals surface area contributed by atoms with Crippen LogP contribution in [0.25, 0.3) is 0 Å². The van der Waals surface area contributed by atoms with Crippen molar-refractivity contribution in [2.45, 2.75) is 25.8 Å². The van der Waals surface area contributed by atoms with Gasteiger partial charge in [0.05, 0.1) is 0 Å². The van der Waals surface area contributed by atoms with Crippen molar-refractivity contribution in [3.63, 3.8) is 0 Å². The van der Waals surface area contributed by atoms with E-state index < -0.39 is 5.97 Å². The van der Waals surface area contributed by atoms with Crippen LogP contribution in [0.15, 0.2) is 10.5 Å². The summed E-state index contributed by atoms with van der Waals surface area (Å²) in [5.74, 6) is 1.16. The van der Waals surface area contributed by atoms with Crippen molar-refractivity contribution in [2.75, 3.05) is 18.6 Å².